The molecule has 1 aliphatic carbocycles. The second-order valence-electron chi connectivity index (χ2n) is 4.95. The molecule has 0 amide bonds. The molecule has 1 aromatic rings. The maximum atomic E-state index is 12.6. The molecule has 0 bridgehead atoms. The number of benzene rings is 1. The van der Waals surface area contributed by atoms with E-state index in [0.29, 0.717) is 0 Å². The normalized spacial score (nSPS) is 20.8. The largest absolute Gasteiger partial charge is 0.497 e. The minimum absolute atomic E-state index is 0.0349. The van der Waals surface area contributed by atoms with Crippen molar-refractivity contribution in [3.63, 3.8) is 0 Å². The molecular weight excluding hydrogens is 232 g/mol. The molecule has 1 atom stereocenters. The Morgan fingerprint density at radius 3 is 2.24 bits per heavy atom. The topological polar surface area (TPSA) is 26.3 Å². The van der Waals surface area contributed by atoms with E-state index in [2.05, 4.69) is 6.92 Å². The van der Waals surface area contributed by atoms with Gasteiger partial charge in [0.2, 0.25) is 0 Å². The minimum Gasteiger partial charge on any atom is -0.497 e. The predicted molar refractivity (Wildman–Crippen MR) is 70.9 cm³/mol. The lowest BCUT2D eigenvalue weighted by Crippen LogP contribution is -2.33. The average Bonchev–Trinajstić information content (AvgIpc) is 2.39. The first-order valence-corrected chi connectivity index (χ1v) is 7.37. The number of hydrogen-bond donors (Lipinski definition) is 0. The summed E-state index contributed by atoms with van der Waals surface area (Å²) in [7, 11) is 0.746. The number of methoxy groups -OCH3 is 1. The first kappa shape index (κ1) is 12.6. The summed E-state index contributed by atoms with van der Waals surface area (Å²) in [6.45, 7) is 2.16. The zero-order chi connectivity index (χ0) is 12.3. The highest BCUT2D eigenvalue weighted by molar-refractivity contribution is 7.86. The van der Waals surface area contributed by atoms with Crippen molar-refractivity contribution in [2.24, 2.45) is 0 Å². The third-order valence-electron chi connectivity index (χ3n) is 3.63. The maximum absolute atomic E-state index is 12.6. The molecule has 1 aromatic carbocycles. The van der Waals surface area contributed by atoms with Crippen LogP contribution in [0.5, 0.6) is 5.75 Å². The van der Waals surface area contributed by atoms with Gasteiger partial charge in [-0.1, -0.05) is 19.3 Å². The van der Waals surface area contributed by atoms with Crippen LogP contribution in [0.1, 0.15) is 39.0 Å². The van der Waals surface area contributed by atoms with Gasteiger partial charge in [0.15, 0.2) is 0 Å². The monoisotopic (exact) mass is 252 g/mol. The fourth-order valence-corrected chi connectivity index (χ4v) is 4.08. The predicted octanol–water partition coefficient (Wildman–Crippen LogP) is 3.53. The van der Waals surface area contributed by atoms with Crippen LogP contribution in [0.25, 0.3) is 0 Å². The van der Waals surface area contributed by atoms with E-state index < -0.39 is 10.8 Å². The molecule has 1 aliphatic rings. The summed E-state index contributed by atoms with van der Waals surface area (Å²) >= 11 is 0. The van der Waals surface area contributed by atoms with Crippen molar-refractivity contribution in [1.82, 2.24) is 0 Å². The first-order valence-electron chi connectivity index (χ1n) is 6.22. The smallest absolute Gasteiger partial charge is 0.118 e. The Kier molecular flexibility index (Phi) is 3.87. The molecule has 0 radical (unpaired) electrons. The Labute approximate surface area is 106 Å². The molecule has 0 aliphatic heterocycles. The van der Waals surface area contributed by atoms with E-state index in [-0.39, 0.29) is 4.75 Å². The van der Waals surface area contributed by atoms with Crippen molar-refractivity contribution in [3.05, 3.63) is 24.3 Å². The lowest BCUT2D eigenvalue weighted by molar-refractivity contribution is 0.409. The quantitative estimate of drug-likeness (QED) is 0.822. The highest BCUT2D eigenvalue weighted by atomic mass is 32.2. The van der Waals surface area contributed by atoms with Gasteiger partial charge in [-0.2, -0.15) is 0 Å². The van der Waals surface area contributed by atoms with Gasteiger partial charge in [0, 0.05) is 9.64 Å². The van der Waals surface area contributed by atoms with Crippen molar-refractivity contribution in [2.45, 2.75) is 48.7 Å². The molecule has 0 aromatic heterocycles. The maximum Gasteiger partial charge on any atom is 0.118 e. The highest BCUT2D eigenvalue weighted by Gasteiger charge is 2.33. The van der Waals surface area contributed by atoms with Crippen molar-refractivity contribution < 1.29 is 8.95 Å². The molecule has 0 N–H and O–H groups in total. The number of hydrogen-bond acceptors (Lipinski definition) is 2. The molecular formula is C14H20O2S. The molecule has 1 saturated carbocycles. The molecule has 0 spiro atoms. The minimum atomic E-state index is -0.901. The summed E-state index contributed by atoms with van der Waals surface area (Å²) in [4.78, 5) is 0.926. The zero-order valence-corrected chi connectivity index (χ0v) is 11.4. The summed E-state index contributed by atoms with van der Waals surface area (Å²) in [5.41, 5.74) is 0. The van der Waals surface area contributed by atoms with Crippen LogP contribution >= 0.6 is 0 Å². The fourth-order valence-electron chi connectivity index (χ4n) is 2.47. The van der Waals surface area contributed by atoms with Gasteiger partial charge in [-0.15, -0.1) is 0 Å². The van der Waals surface area contributed by atoms with Crippen LogP contribution in [0.3, 0.4) is 0 Å². The molecule has 1 fully saturated rings. The van der Waals surface area contributed by atoms with Crippen LogP contribution in [0.4, 0.5) is 0 Å². The highest BCUT2D eigenvalue weighted by Crippen LogP contribution is 2.36. The first-order chi connectivity index (χ1) is 8.15. The zero-order valence-electron chi connectivity index (χ0n) is 10.6. The molecule has 2 nitrogen and oxygen atoms in total. The lowest BCUT2D eigenvalue weighted by Gasteiger charge is -2.32. The van der Waals surface area contributed by atoms with E-state index in [9.17, 15) is 4.21 Å². The Morgan fingerprint density at radius 1 is 1.12 bits per heavy atom. The summed E-state index contributed by atoms with van der Waals surface area (Å²) in [5, 5.41) is 0. The van der Waals surface area contributed by atoms with Crippen LogP contribution in [-0.4, -0.2) is 16.1 Å². The van der Waals surface area contributed by atoms with E-state index in [4.69, 9.17) is 4.74 Å². The molecule has 2 rings (SSSR count). The molecule has 0 saturated heterocycles. The second kappa shape index (κ2) is 5.21. The van der Waals surface area contributed by atoms with Gasteiger partial charge in [0.05, 0.1) is 17.9 Å². The molecule has 94 valence electrons. The SMILES string of the molecule is COc1ccc(S(=O)C2(C)CCCCC2)cc1. The van der Waals surface area contributed by atoms with Crippen molar-refractivity contribution in [1.29, 1.82) is 0 Å². The van der Waals surface area contributed by atoms with Crippen LogP contribution in [-0.2, 0) is 10.8 Å². The molecule has 0 heterocycles. The van der Waals surface area contributed by atoms with Gasteiger partial charge in [-0.05, 0) is 44.0 Å². The molecule has 1 unspecified atom stereocenters. The van der Waals surface area contributed by atoms with Crippen LogP contribution < -0.4 is 4.74 Å². The second-order valence-corrected chi connectivity index (χ2v) is 6.95. The molecule has 17 heavy (non-hydrogen) atoms. The van der Waals surface area contributed by atoms with Gasteiger partial charge in [0.1, 0.15) is 5.75 Å². The van der Waals surface area contributed by atoms with E-state index in [0.717, 1.165) is 23.5 Å². The third kappa shape index (κ3) is 2.71. The lowest BCUT2D eigenvalue weighted by atomic mass is 9.90. The number of ether oxygens (including phenoxy) is 1. The van der Waals surface area contributed by atoms with E-state index >= 15 is 0 Å². The van der Waals surface area contributed by atoms with E-state index in [1.165, 1.54) is 19.3 Å². The van der Waals surface area contributed by atoms with Crippen LogP contribution in [0, 0.1) is 0 Å². The Hall–Kier alpha value is -0.830. The van der Waals surface area contributed by atoms with Crippen molar-refractivity contribution >= 4 is 10.8 Å². The van der Waals surface area contributed by atoms with Crippen molar-refractivity contribution in [3.8, 4) is 5.75 Å². The van der Waals surface area contributed by atoms with Gasteiger partial charge in [-0.25, -0.2) is 0 Å². The van der Waals surface area contributed by atoms with Crippen LogP contribution in [0.2, 0.25) is 0 Å². The van der Waals surface area contributed by atoms with E-state index in [1.807, 2.05) is 24.3 Å². The van der Waals surface area contributed by atoms with Gasteiger partial charge >= 0.3 is 0 Å². The third-order valence-corrected chi connectivity index (χ3v) is 5.64. The van der Waals surface area contributed by atoms with Gasteiger partial charge in [-0.3, -0.25) is 4.21 Å². The Balaban J connectivity index is 2.17. The number of rotatable bonds is 3. The van der Waals surface area contributed by atoms with Crippen LogP contribution in [0.15, 0.2) is 29.2 Å². The summed E-state index contributed by atoms with van der Waals surface area (Å²) in [6, 6.07) is 7.63. The Morgan fingerprint density at radius 2 is 1.71 bits per heavy atom. The van der Waals surface area contributed by atoms with Crippen molar-refractivity contribution in [2.75, 3.05) is 7.11 Å². The summed E-state index contributed by atoms with van der Waals surface area (Å²) in [6.07, 6.45) is 5.85. The summed E-state index contributed by atoms with van der Waals surface area (Å²) in [5.74, 6) is 0.819. The van der Waals surface area contributed by atoms with Gasteiger partial charge in [0.25, 0.3) is 0 Å². The average molecular weight is 252 g/mol. The fraction of sp³-hybridized carbons (Fsp3) is 0.571. The standard InChI is InChI=1S/C14H20O2S/c1-14(10-4-3-5-11-14)17(15)13-8-6-12(16-2)7-9-13/h6-9H,3-5,10-11H2,1-2H3. The molecule has 3 heteroatoms. The van der Waals surface area contributed by atoms with Gasteiger partial charge < -0.3 is 4.74 Å². The summed E-state index contributed by atoms with van der Waals surface area (Å²) < 4.78 is 17.7. The Bertz CT molecular complexity index is 391. The van der Waals surface area contributed by atoms with E-state index in [1.54, 1.807) is 7.11 Å².